The molecule has 0 atom stereocenters. The standard InChI is InChI=1S/C23H24Cl2N4O2/c24-19-9-17(10-20(25)11-19)14-31-23(30)29-7-5-16(6-8-29)12-27-21-3-1-18(2-4-21)22-13-26-15-28-22/h1-4,9-11,13,15-16,27H,5-8,12,14H2,(H,26,28). The minimum atomic E-state index is -0.295. The summed E-state index contributed by atoms with van der Waals surface area (Å²) < 4.78 is 5.43. The van der Waals surface area contributed by atoms with Crippen LogP contribution >= 0.6 is 23.2 Å². The lowest BCUT2D eigenvalue weighted by Gasteiger charge is -2.31. The van der Waals surface area contributed by atoms with Crippen molar-refractivity contribution in [2.45, 2.75) is 19.4 Å². The van der Waals surface area contributed by atoms with Gasteiger partial charge in [0.05, 0.1) is 18.2 Å². The maximum atomic E-state index is 12.4. The maximum absolute atomic E-state index is 12.4. The molecule has 3 aromatic rings. The summed E-state index contributed by atoms with van der Waals surface area (Å²) in [6.07, 6.45) is 5.08. The van der Waals surface area contributed by atoms with Crippen LogP contribution in [0.3, 0.4) is 0 Å². The number of anilines is 1. The summed E-state index contributed by atoms with van der Waals surface area (Å²) in [4.78, 5) is 21.3. The highest BCUT2D eigenvalue weighted by Gasteiger charge is 2.23. The van der Waals surface area contributed by atoms with E-state index in [1.54, 1.807) is 29.4 Å². The van der Waals surface area contributed by atoms with E-state index < -0.39 is 0 Å². The first-order chi connectivity index (χ1) is 15.1. The lowest BCUT2D eigenvalue weighted by Crippen LogP contribution is -2.40. The predicted molar refractivity (Wildman–Crippen MR) is 123 cm³/mol. The van der Waals surface area contributed by atoms with Crippen molar-refractivity contribution in [3.8, 4) is 11.3 Å². The van der Waals surface area contributed by atoms with Crippen LogP contribution in [0.1, 0.15) is 18.4 Å². The Balaban J connectivity index is 1.19. The van der Waals surface area contributed by atoms with Crippen molar-refractivity contribution in [3.63, 3.8) is 0 Å². The Bertz CT molecular complexity index is 981. The number of aromatic nitrogens is 2. The van der Waals surface area contributed by atoms with E-state index in [1.807, 2.05) is 6.20 Å². The number of carbonyl (C=O) groups is 1. The summed E-state index contributed by atoms with van der Waals surface area (Å²) in [5.41, 5.74) is 3.98. The van der Waals surface area contributed by atoms with Gasteiger partial charge in [-0.3, -0.25) is 0 Å². The number of amides is 1. The van der Waals surface area contributed by atoms with Crippen LogP contribution in [0.2, 0.25) is 10.0 Å². The van der Waals surface area contributed by atoms with Gasteiger partial charge in [0.25, 0.3) is 0 Å². The minimum Gasteiger partial charge on any atom is -0.445 e. The number of hydrogen-bond donors (Lipinski definition) is 2. The summed E-state index contributed by atoms with van der Waals surface area (Å²) in [5.74, 6) is 0.517. The van der Waals surface area contributed by atoms with Crippen molar-refractivity contribution in [1.82, 2.24) is 14.9 Å². The molecular weight excluding hydrogens is 435 g/mol. The van der Waals surface area contributed by atoms with Crippen LogP contribution in [0.25, 0.3) is 11.3 Å². The van der Waals surface area contributed by atoms with E-state index >= 15 is 0 Å². The number of benzene rings is 2. The molecule has 0 saturated carbocycles. The third-order valence-electron chi connectivity index (χ3n) is 5.45. The fourth-order valence-electron chi connectivity index (χ4n) is 3.69. The first kappa shape index (κ1) is 21.5. The molecular formula is C23H24Cl2N4O2. The Morgan fingerprint density at radius 1 is 1.13 bits per heavy atom. The van der Waals surface area contributed by atoms with Crippen LogP contribution in [-0.2, 0) is 11.3 Å². The minimum absolute atomic E-state index is 0.162. The highest BCUT2D eigenvalue weighted by Crippen LogP contribution is 2.23. The van der Waals surface area contributed by atoms with E-state index in [0.717, 1.165) is 41.9 Å². The Hall–Kier alpha value is -2.70. The summed E-state index contributed by atoms with van der Waals surface area (Å²) in [5, 5.41) is 4.56. The average molecular weight is 459 g/mol. The summed E-state index contributed by atoms with van der Waals surface area (Å²) in [6.45, 7) is 2.43. The van der Waals surface area contributed by atoms with Crippen molar-refractivity contribution in [2.24, 2.45) is 5.92 Å². The van der Waals surface area contributed by atoms with E-state index in [1.165, 1.54) is 0 Å². The molecule has 1 aliphatic rings. The highest BCUT2D eigenvalue weighted by molar-refractivity contribution is 6.34. The number of halogens is 2. The number of rotatable bonds is 6. The lowest BCUT2D eigenvalue weighted by molar-refractivity contribution is 0.0832. The third kappa shape index (κ3) is 5.93. The Morgan fingerprint density at radius 3 is 2.48 bits per heavy atom. The molecule has 8 heteroatoms. The van der Waals surface area contributed by atoms with Gasteiger partial charge in [-0.25, -0.2) is 9.78 Å². The molecule has 1 aliphatic heterocycles. The molecule has 1 amide bonds. The number of aromatic amines is 1. The fraction of sp³-hybridized carbons (Fsp3) is 0.304. The summed E-state index contributed by atoms with van der Waals surface area (Å²) in [7, 11) is 0. The molecule has 2 N–H and O–H groups in total. The maximum Gasteiger partial charge on any atom is 0.410 e. The van der Waals surface area contributed by atoms with Gasteiger partial charge in [-0.1, -0.05) is 35.3 Å². The van der Waals surface area contributed by atoms with Crippen LogP contribution in [0.5, 0.6) is 0 Å². The molecule has 31 heavy (non-hydrogen) atoms. The monoisotopic (exact) mass is 458 g/mol. The van der Waals surface area contributed by atoms with E-state index in [0.29, 0.717) is 29.1 Å². The second kappa shape index (κ2) is 10.1. The highest BCUT2D eigenvalue weighted by atomic mass is 35.5. The number of H-pyrrole nitrogens is 1. The van der Waals surface area contributed by atoms with Gasteiger partial charge in [0.2, 0.25) is 0 Å². The smallest absolute Gasteiger partial charge is 0.410 e. The van der Waals surface area contributed by atoms with Gasteiger partial charge in [-0.05, 0) is 60.2 Å². The molecule has 162 valence electrons. The molecule has 0 spiro atoms. The number of piperidine rings is 1. The van der Waals surface area contributed by atoms with Gasteiger partial charge in [-0.15, -0.1) is 0 Å². The number of ether oxygens (including phenoxy) is 1. The van der Waals surface area contributed by atoms with Gasteiger partial charge in [-0.2, -0.15) is 0 Å². The molecule has 0 bridgehead atoms. The second-order valence-electron chi connectivity index (χ2n) is 7.69. The molecule has 0 radical (unpaired) electrons. The molecule has 6 nitrogen and oxygen atoms in total. The van der Waals surface area contributed by atoms with Gasteiger partial charge in [0.15, 0.2) is 0 Å². The summed E-state index contributed by atoms with van der Waals surface area (Å²) >= 11 is 12.0. The van der Waals surface area contributed by atoms with Crippen molar-refractivity contribution in [2.75, 3.05) is 25.0 Å². The SMILES string of the molecule is O=C(OCc1cc(Cl)cc(Cl)c1)N1CCC(CNc2ccc(-c3cnc[nH]3)cc2)CC1. The molecule has 0 aliphatic carbocycles. The Labute approximate surface area is 191 Å². The van der Waals surface area contributed by atoms with E-state index in [4.69, 9.17) is 27.9 Å². The van der Waals surface area contributed by atoms with Crippen LogP contribution < -0.4 is 5.32 Å². The predicted octanol–water partition coefficient (Wildman–Crippen LogP) is 5.84. The average Bonchev–Trinajstić information content (AvgIpc) is 3.31. The van der Waals surface area contributed by atoms with Crippen LogP contribution in [-0.4, -0.2) is 40.6 Å². The van der Waals surface area contributed by atoms with Gasteiger partial charge < -0.3 is 19.9 Å². The van der Waals surface area contributed by atoms with E-state index in [-0.39, 0.29) is 12.7 Å². The quantitative estimate of drug-likeness (QED) is 0.486. The fourth-order valence-corrected chi connectivity index (χ4v) is 4.27. The zero-order valence-corrected chi connectivity index (χ0v) is 18.5. The van der Waals surface area contributed by atoms with Gasteiger partial charge in [0, 0.05) is 35.4 Å². The number of hydrogen-bond acceptors (Lipinski definition) is 4. The Morgan fingerprint density at radius 2 is 1.84 bits per heavy atom. The first-order valence-corrected chi connectivity index (χ1v) is 11.0. The van der Waals surface area contributed by atoms with Crippen molar-refractivity contribution >= 4 is 35.0 Å². The van der Waals surface area contributed by atoms with Crippen LogP contribution in [0.15, 0.2) is 55.0 Å². The van der Waals surface area contributed by atoms with Gasteiger partial charge >= 0.3 is 6.09 Å². The molecule has 1 saturated heterocycles. The molecule has 1 fully saturated rings. The topological polar surface area (TPSA) is 70.2 Å². The zero-order valence-electron chi connectivity index (χ0n) is 17.0. The zero-order chi connectivity index (χ0) is 21.6. The van der Waals surface area contributed by atoms with Gasteiger partial charge in [0.1, 0.15) is 6.61 Å². The van der Waals surface area contributed by atoms with E-state index in [2.05, 4.69) is 39.6 Å². The number of nitrogens with one attached hydrogen (secondary N) is 2. The normalized spacial score (nSPS) is 14.5. The molecule has 2 heterocycles. The number of likely N-dealkylation sites (tertiary alicyclic amines) is 1. The first-order valence-electron chi connectivity index (χ1n) is 10.3. The summed E-state index contributed by atoms with van der Waals surface area (Å²) in [6, 6.07) is 13.4. The molecule has 1 aromatic heterocycles. The number of nitrogens with zero attached hydrogens (tertiary/aromatic N) is 2. The van der Waals surface area contributed by atoms with Crippen LogP contribution in [0, 0.1) is 5.92 Å². The number of imidazole rings is 1. The van der Waals surface area contributed by atoms with Crippen molar-refractivity contribution in [3.05, 3.63) is 70.6 Å². The molecule has 4 rings (SSSR count). The van der Waals surface area contributed by atoms with Crippen molar-refractivity contribution < 1.29 is 9.53 Å². The largest absolute Gasteiger partial charge is 0.445 e. The molecule has 2 aromatic carbocycles. The number of carbonyl (C=O) groups excluding carboxylic acids is 1. The lowest BCUT2D eigenvalue weighted by atomic mass is 9.97. The third-order valence-corrected chi connectivity index (χ3v) is 5.88. The molecule has 0 unspecified atom stereocenters. The Kier molecular flexibility index (Phi) is 6.99. The van der Waals surface area contributed by atoms with Crippen LogP contribution in [0.4, 0.5) is 10.5 Å². The van der Waals surface area contributed by atoms with Crippen molar-refractivity contribution in [1.29, 1.82) is 0 Å². The second-order valence-corrected chi connectivity index (χ2v) is 8.56. The van der Waals surface area contributed by atoms with E-state index in [9.17, 15) is 4.79 Å².